The minimum absolute atomic E-state index is 0.108. The fraction of sp³-hybridized carbons (Fsp3) is 0.500. The molecule has 2 rings (SSSR count). The van der Waals surface area contributed by atoms with Crippen LogP contribution in [0.15, 0.2) is 30.3 Å². The van der Waals surface area contributed by atoms with Gasteiger partial charge in [-0.25, -0.2) is 4.79 Å². The number of carbonyl (C=O) groups excluding carboxylic acids is 1. The van der Waals surface area contributed by atoms with Gasteiger partial charge in [0.1, 0.15) is 0 Å². The van der Waals surface area contributed by atoms with Crippen LogP contribution in [-0.2, 0) is 11.3 Å². The van der Waals surface area contributed by atoms with Gasteiger partial charge in [-0.05, 0) is 25.3 Å². The van der Waals surface area contributed by atoms with E-state index in [0.717, 1.165) is 31.6 Å². The van der Waals surface area contributed by atoms with Crippen LogP contribution in [0.4, 0.5) is 4.79 Å². The molecule has 1 aromatic carbocycles. The molecule has 2 amide bonds. The molecule has 18 heavy (non-hydrogen) atoms. The molecule has 0 bridgehead atoms. The molecule has 4 nitrogen and oxygen atoms in total. The summed E-state index contributed by atoms with van der Waals surface area (Å²) in [4.78, 5) is 11.8. The van der Waals surface area contributed by atoms with E-state index >= 15 is 0 Å². The number of amides is 2. The highest BCUT2D eigenvalue weighted by Crippen LogP contribution is 2.19. The van der Waals surface area contributed by atoms with E-state index in [2.05, 4.69) is 17.6 Å². The molecule has 0 aromatic heterocycles. The number of nitrogens with one attached hydrogen (secondary N) is 2. The van der Waals surface area contributed by atoms with Crippen LogP contribution in [0.25, 0.3) is 0 Å². The second kappa shape index (κ2) is 5.87. The molecule has 1 fully saturated rings. The van der Waals surface area contributed by atoms with Crippen molar-refractivity contribution in [3.8, 4) is 0 Å². The van der Waals surface area contributed by atoms with Gasteiger partial charge in [-0.15, -0.1) is 0 Å². The molecule has 0 aliphatic carbocycles. The average Bonchev–Trinajstić information content (AvgIpc) is 2.38. The number of urea groups is 1. The van der Waals surface area contributed by atoms with Crippen molar-refractivity contribution >= 4 is 6.03 Å². The minimum Gasteiger partial charge on any atom is -0.381 e. The Bertz CT molecular complexity index is 386. The highest BCUT2D eigenvalue weighted by molar-refractivity contribution is 5.74. The Labute approximate surface area is 108 Å². The predicted octanol–water partition coefficient (Wildman–Crippen LogP) is 2.05. The maximum absolute atomic E-state index is 11.8. The van der Waals surface area contributed by atoms with Crippen molar-refractivity contribution in [3.63, 3.8) is 0 Å². The Hall–Kier alpha value is -1.55. The summed E-state index contributed by atoms with van der Waals surface area (Å²) in [6.45, 7) is 4.06. The van der Waals surface area contributed by atoms with Gasteiger partial charge in [0.25, 0.3) is 0 Å². The molecule has 1 aliphatic heterocycles. The standard InChI is InChI=1S/C14H20N2O2/c1-14(7-9-18-10-8-14)16-13(17)15-11-12-5-3-2-4-6-12/h2-6H,7-11H2,1H3,(H2,15,16,17). The van der Waals surface area contributed by atoms with E-state index in [9.17, 15) is 4.79 Å². The van der Waals surface area contributed by atoms with Crippen LogP contribution in [0, 0.1) is 0 Å². The number of hydrogen-bond donors (Lipinski definition) is 2. The Morgan fingerprint density at radius 1 is 1.28 bits per heavy atom. The molecule has 0 saturated carbocycles. The van der Waals surface area contributed by atoms with E-state index in [1.807, 2.05) is 30.3 Å². The number of benzene rings is 1. The first kappa shape index (κ1) is 12.9. The zero-order chi connectivity index (χ0) is 12.8. The molecule has 1 saturated heterocycles. The molecule has 1 heterocycles. The summed E-state index contributed by atoms with van der Waals surface area (Å²) in [5, 5.41) is 5.92. The Morgan fingerprint density at radius 2 is 1.94 bits per heavy atom. The first-order valence-electron chi connectivity index (χ1n) is 6.36. The van der Waals surface area contributed by atoms with Crippen LogP contribution in [0.1, 0.15) is 25.3 Å². The summed E-state index contributed by atoms with van der Waals surface area (Å²) in [5.41, 5.74) is 0.962. The van der Waals surface area contributed by atoms with Crippen molar-refractivity contribution in [3.05, 3.63) is 35.9 Å². The van der Waals surface area contributed by atoms with Crippen molar-refractivity contribution in [2.24, 2.45) is 0 Å². The lowest BCUT2D eigenvalue weighted by Gasteiger charge is -2.34. The van der Waals surface area contributed by atoms with Crippen LogP contribution in [0.5, 0.6) is 0 Å². The maximum atomic E-state index is 11.8. The lowest BCUT2D eigenvalue weighted by molar-refractivity contribution is 0.0492. The molecule has 0 radical (unpaired) electrons. The summed E-state index contributed by atoms with van der Waals surface area (Å²) in [5.74, 6) is 0. The molecule has 0 spiro atoms. The quantitative estimate of drug-likeness (QED) is 0.860. The molecule has 2 N–H and O–H groups in total. The van der Waals surface area contributed by atoms with E-state index in [0.29, 0.717) is 6.54 Å². The van der Waals surface area contributed by atoms with Gasteiger partial charge < -0.3 is 15.4 Å². The van der Waals surface area contributed by atoms with Crippen LogP contribution < -0.4 is 10.6 Å². The van der Waals surface area contributed by atoms with Gasteiger partial charge in [-0.1, -0.05) is 30.3 Å². The smallest absolute Gasteiger partial charge is 0.315 e. The molecule has 4 heteroatoms. The third-order valence-corrected chi connectivity index (χ3v) is 3.31. The summed E-state index contributed by atoms with van der Waals surface area (Å²) in [6.07, 6.45) is 1.73. The second-order valence-electron chi connectivity index (χ2n) is 4.97. The van der Waals surface area contributed by atoms with Crippen molar-refractivity contribution in [2.45, 2.75) is 31.8 Å². The van der Waals surface area contributed by atoms with Crippen molar-refractivity contribution in [1.82, 2.24) is 10.6 Å². The highest BCUT2D eigenvalue weighted by Gasteiger charge is 2.28. The topological polar surface area (TPSA) is 50.4 Å². The molecular formula is C14H20N2O2. The normalized spacial score (nSPS) is 18.1. The summed E-state index contributed by atoms with van der Waals surface area (Å²) >= 11 is 0. The fourth-order valence-electron chi connectivity index (χ4n) is 2.04. The number of hydrogen-bond acceptors (Lipinski definition) is 2. The van der Waals surface area contributed by atoms with E-state index in [-0.39, 0.29) is 11.6 Å². The highest BCUT2D eigenvalue weighted by atomic mass is 16.5. The van der Waals surface area contributed by atoms with Crippen molar-refractivity contribution in [1.29, 1.82) is 0 Å². The lowest BCUT2D eigenvalue weighted by atomic mass is 9.93. The van der Waals surface area contributed by atoms with E-state index < -0.39 is 0 Å². The Balaban J connectivity index is 1.78. The van der Waals surface area contributed by atoms with Crippen LogP contribution in [-0.4, -0.2) is 24.8 Å². The third-order valence-electron chi connectivity index (χ3n) is 3.31. The van der Waals surface area contributed by atoms with Crippen molar-refractivity contribution < 1.29 is 9.53 Å². The van der Waals surface area contributed by atoms with Gasteiger partial charge in [-0.2, -0.15) is 0 Å². The second-order valence-corrected chi connectivity index (χ2v) is 4.97. The first-order valence-corrected chi connectivity index (χ1v) is 6.36. The summed E-state index contributed by atoms with van der Waals surface area (Å²) < 4.78 is 5.30. The van der Waals surface area contributed by atoms with E-state index in [4.69, 9.17) is 4.74 Å². The van der Waals surface area contributed by atoms with Gasteiger partial charge in [0.15, 0.2) is 0 Å². The van der Waals surface area contributed by atoms with Crippen molar-refractivity contribution in [2.75, 3.05) is 13.2 Å². The van der Waals surface area contributed by atoms with Gasteiger partial charge in [-0.3, -0.25) is 0 Å². The zero-order valence-electron chi connectivity index (χ0n) is 10.7. The molecule has 0 unspecified atom stereocenters. The third kappa shape index (κ3) is 3.74. The van der Waals surface area contributed by atoms with Gasteiger partial charge in [0, 0.05) is 25.3 Å². The van der Waals surface area contributed by atoms with Gasteiger partial charge >= 0.3 is 6.03 Å². The lowest BCUT2D eigenvalue weighted by Crippen LogP contribution is -2.52. The monoisotopic (exact) mass is 248 g/mol. The van der Waals surface area contributed by atoms with Gasteiger partial charge in [0.05, 0.1) is 0 Å². The SMILES string of the molecule is CC1(NC(=O)NCc2ccccc2)CCOCC1. The summed E-state index contributed by atoms with van der Waals surface area (Å²) in [6, 6.07) is 9.78. The van der Waals surface area contributed by atoms with Crippen LogP contribution in [0.2, 0.25) is 0 Å². The molecule has 1 aromatic rings. The number of carbonyl (C=O) groups is 1. The van der Waals surface area contributed by atoms with Crippen LogP contribution in [0.3, 0.4) is 0 Å². The maximum Gasteiger partial charge on any atom is 0.315 e. The zero-order valence-corrected chi connectivity index (χ0v) is 10.7. The number of ether oxygens (including phenoxy) is 1. The molecule has 0 atom stereocenters. The average molecular weight is 248 g/mol. The van der Waals surface area contributed by atoms with E-state index in [1.54, 1.807) is 0 Å². The number of rotatable bonds is 3. The molecular weight excluding hydrogens is 228 g/mol. The minimum atomic E-state index is -0.140. The molecule has 1 aliphatic rings. The first-order chi connectivity index (χ1) is 8.68. The summed E-state index contributed by atoms with van der Waals surface area (Å²) in [7, 11) is 0. The Morgan fingerprint density at radius 3 is 2.61 bits per heavy atom. The van der Waals surface area contributed by atoms with Gasteiger partial charge in [0.2, 0.25) is 0 Å². The largest absolute Gasteiger partial charge is 0.381 e. The Kier molecular flexibility index (Phi) is 4.20. The molecule has 98 valence electrons. The fourth-order valence-corrected chi connectivity index (χ4v) is 2.04. The van der Waals surface area contributed by atoms with Crippen LogP contribution >= 0.6 is 0 Å². The van der Waals surface area contributed by atoms with E-state index in [1.165, 1.54) is 0 Å². The predicted molar refractivity (Wildman–Crippen MR) is 70.3 cm³/mol.